The van der Waals surface area contributed by atoms with E-state index in [0.29, 0.717) is 23.0 Å². The lowest BCUT2D eigenvalue weighted by molar-refractivity contribution is 0.114. The van der Waals surface area contributed by atoms with Gasteiger partial charge in [-0.1, -0.05) is 11.6 Å². The average molecular weight is 297 g/mol. The summed E-state index contributed by atoms with van der Waals surface area (Å²) >= 11 is 6.29. The van der Waals surface area contributed by atoms with Gasteiger partial charge in [0.25, 0.3) is 0 Å². The Morgan fingerprint density at radius 2 is 1.95 bits per heavy atom. The number of nitrogens with zero attached hydrogens (tertiary/aromatic N) is 1. The Bertz CT molecular complexity index is 479. The second-order valence-corrected chi connectivity index (χ2v) is 6.62. The summed E-state index contributed by atoms with van der Waals surface area (Å²) in [6.45, 7) is 0. The normalized spacial score (nSPS) is 31.5. The Kier molecular flexibility index (Phi) is 4.02. The zero-order valence-corrected chi connectivity index (χ0v) is 12.8. The molecule has 2 aliphatic rings. The van der Waals surface area contributed by atoms with E-state index in [1.807, 2.05) is 7.05 Å². The molecule has 0 saturated carbocycles. The first-order valence-electron chi connectivity index (χ1n) is 7.44. The standard InChI is InChI=1S/C16H22ClFN2/c1-19-16(14-9-11(18)3-6-15(14)17)10-7-12-4-5-13(8-10)20(12)2/h3,6,9-10,12-13,16,19H,4-5,7-8H2,1-2H3. The predicted molar refractivity (Wildman–Crippen MR) is 80.5 cm³/mol. The van der Waals surface area contributed by atoms with Crippen molar-refractivity contribution in [3.63, 3.8) is 0 Å². The predicted octanol–water partition coefficient (Wildman–Crippen LogP) is 3.61. The molecule has 3 atom stereocenters. The number of halogens is 2. The number of nitrogens with one attached hydrogen (secondary N) is 1. The van der Waals surface area contributed by atoms with Gasteiger partial charge < -0.3 is 10.2 Å². The van der Waals surface area contributed by atoms with Crippen molar-refractivity contribution in [2.24, 2.45) is 5.92 Å². The van der Waals surface area contributed by atoms with E-state index in [1.54, 1.807) is 12.1 Å². The van der Waals surface area contributed by atoms with E-state index in [9.17, 15) is 4.39 Å². The van der Waals surface area contributed by atoms with Crippen molar-refractivity contribution in [1.82, 2.24) is 10.2 Å². The van der Waals surface area contributed by atoms with Gasteiger partial charge in [0, 0.05) is 23.1 Å². The van der Waals surface area contributed by atoms with E-state index < -0.39 is 0 Å². The summed E-state index contributed by atoms with van der Waals surface area (Å²) in [5, 5.41) is 4.03. The van der Waals surface area contributed by atoms with Crippen molar-refractivity contribution in [2.45, 2.75) is 43.8 Å². The van der Waals surface area contributed by atoms with Crippen LogP contribution in [0.4, 0.5) is 4.39 Å². The molecule has 20 heavy (non-hydrogen) atoms. The fourth-order valence-electron chi connectivity index (χ4n) is 4.12. The van der Waals surface area contributed by atoms with E-state index in [-0.39, 0.29) is 11.9 Å². The van der Waals surface area contributed by atoms with Gasteiger partial charge in [-0.25, -0.2) is 4.39 Å². The molecule has 2 heterocycles. The molecular formula is C16H22ClFN2. The van der Waals surface area contributed by atoms with E-state index >= 15 is 0 Å². The van der Waals surface area contributed by atoms with Crippen LogP contribution in [-0.2, 0) is 0 Å². The summed E-state index contributed by atoms with van der Waals surface area (Å²) in [5.41, 5.74) is 0.906. The fraction of sp³-hybridized carbons (Fsp3) is 0.625. The van der Waals surface area contributed by atoms with Crippen LogP contribution < -0.4 is 5.32 Å². The molecule has 1 aromatic carbocycles. The molecule has 0 spiro atoms. The van der Waals surface area contributed by atoms with Crippen LogP contribution in [0.15, 0.2) is 18.2 Å². The lowest BCUT2D eigenvalue weighted by Crippen LogP contribution is -2.43. The molecule has 0 aromatic heterocycles. The van der Waals surface area contributed by atoms with E-state index in [4.69, 9.17) is 11.6 Å². The van der Waals surface area contributed by atoms with Gasteiger partial charge in [0.15, 0.2) is 0 Å². The largest absolute Gasteiger partial charge is 0.313 e. The molecule has 3 unspecified atom stereocenters. The van der Waals surface area contributed by atoms with Crippen LogP contribution in [0.1, 0.15) is 37.3 Å². The minimum atomic E-state index is -0.208. The van der Waals surface area contributed by atoms with Gasteiger partial charge in [0.2, 0.25) is 0 Å². The van der Waals surface area contributed by atoms with Gasteiger partial charge in [0.1, 0.15) is 5.82 Å². The molecule has 110 valence electrons. The van der Waals surface area contributed by atoms with Crippen LogP contribution in [-0.4, -0.2) is 31.1 Å². The second kappa shape index (κ2) is 5.63. The highest BCUT2D eigenvalue weighted by atomic mass is 35.5. The first-order chi connectivity index (χ1) is 9.60. The zero-order chi connectivity index (χ0) is 14.3. The molecule has 2 fully saturated rings. The van der Waals surface area contributed by atoms with Crippen molar-refractivity contribution in [2.75, 3.05) is 14.1 Å². The first-order valence-corrected chi connectivity index (χ1v) is 7.82. The Balaban J connectivity index is 1.85. The molecular weight excluding hydrogens is 275 g/mol. The number of rotatable bonds is 3. The second-order valence-electron chi connectivity index (χ2n) is 6.21. The summed E-state index contributed by atoms with van der Waals surface area (Å²) in [6.07, 6.45) is 4.94. The van der Waals surface area contributed by atoms with Crippen molar-refractivity contribution in [3.05, 3.63) is 34.6 Å². The zero-order valence-electron chi connectivity index (χ0n) is 12.1. The maximum atomic E-state index is 13.5. The number of piperidine rings is 1. The maximum Gasteiger partial charge on any atom is 0.123 e. The van der Waals surface area contributed by atoms with Gasteiger partial charge in [-0.2, -0.15) is 0 Å². The van der Waals surface area contributed by atoms with Crippen molar-refractivity contribution in [1.29, 1.82) is 0 Å². The summed E-state index contributed by atoms with van der Waals surface area (Å²) in [6, 6.07) is 6.19. The van der Waals surface area contributed by atoms with Crippen molar-refractivity contribution in [3.8, 4) is 0 Å². The highest BCUT2D eigenvalue weighted by Crippen LogP contribution is 2.43. The molecule has 4 heteroatoms. The first kappa shape index (κ1) is 14.3. The van der Waals surface area contributed by atoms with Crippen LogP contribution in [0.5, 0.6) is 0 Å². The molecule has 2 saturated heterocycles. The summed E-state index contributed by atoms with van der Waals surface area (Å²) in [4.78, 5) is 2.52. The highest BCUT2D eigenvalue weighted by Gasteiger charge is 2.41. The van der Waals surface area contributed by atoms with Crippen LogP contribution in [0.25, 0.3) is 0 Å². The highest BCUT2D eigenvalue weighted by molar-refractivity contribution is 6.31. The lowest BCUT2D eigenvalue weighted by Gasteiger charge is -2.40. The topological polar surface area (TPSA) is 15.3 Å². The fourth-order valence-corrected chi connectivity index (χ4v) is 4.36. The average Bonchev–Trinajstić information content (AvgIpc) is 2.66. The van der Waals surface area contributed by atoms with Crippen LogP contribution >= 0.6 is 11.6 Å². The Morgan fingerprint density at radius 3 is 2.55 bits per heavy atom. The third kappa shape index (κ3) is 2.47. The minimum Gasteiger partial charge on any atom is -0.313 e. The molecule has 1 N–H and O–H groups in total. The van der Waals surface area contributed by atoms with Crippen LogP contribution in [0, 0.1) is 11.7 Å². The molecule has 0 radical (unpaired) electrons. The van der Waals surface area contributed by atoms with Crippen molar-refractivity contribution >= 4 is 11.6 Å². The number of hydrogen-bond acceptors (Lipinski definition) is 2. The van der Waals surface area contributed by atoms with Gasteiger partial charge >= 0.3 is 0 Å². The molecule has 2 bridgehead atoms. The molecule has 2 nitrogen and oxygen atoms in total. The third-order valence-corrected chi connectivity index (χ3v) is 5.55. The van der Waals surface area contributed by atoms with E-state index in [2.05, 4.69) is 17.3 Å². The maximum absolute atomic E-state index is 13.5. The minimum absolute atomic E-state index is 0.148. The van der Waals surface area contributed by atoms with Gasteiger partial charge in [-0.3, -0.25) is 0 Å². The monoisotopic (exact) mass is 296 g/mol. The Labute approximate surface area is 125 Å². The molecule has 0 aliphatic carbocycles. The van der Waals surface area contributed by atoms with Gasteiger partial charge in [-0.05, 0) is 69.5 Å². The van der Waals surface area contributed by atoms with Crippen LogP contribution in [0.3, 0.4) is 0 Å². The molecule has 3 rings (SSSR count). The SMILES string of the molecule is CNC(c1cc(F)ccc1Cl)C1CC2CCC(C1)N2C. The number of fused-ring (bicyclic) bond motifs is 2. The van der Waals surface area contributed by atoms with E-state index in [1.165, 1.54) is 31.7 Å². The van der Waals surface area contributed by atoms with Crippen molar-refractivity contribution < 1.29 is 4.39 Å². The molecule has 0 amide bonds. The van der Waals surface area contributed by atoms with Gasteiger partial charge in [0.05, 0.1) is 0 Å². The third-order valence-electron chi connectivity index (χ3n) is 5.21. The Morgan fingerprint density at radius 1 is 1.30 bits per heavy atom. The van der Waals surface area contributed by atoms with E-state index in [0.717, 1.165) is 5.56 Å². The number of benzene rings is 1. The molecule has 2 aliphatic heterocycles. The lowest BCUT2D eigenvalue weighted by atomic mass is 9.82. The summed E-state index contributed by atoms with van der Waals surface area (Å²) in [5.74, 6) is 0.327. The van der Waals surface area contributed by atoms with Crippen LogP contribution in [0.2, 0.25) is 5.02 Å². The quantitative estimate of drug-likeness (QED) is 0.916. The summed E-state index contributed by atoms with van der Waals surface area (Å²) in [7, 11) is 4.19. The summed E-state index contributed by atoms with van der Waals surface area (Å²) < 4.78 is 13.5. The smallest absolute Gasteiger partial charge is 0.123 e. The van der Waals surface area contributed by atoms with Gasteiger partial charge in [-0.15, -0.1) is 0 Å². The Hall–Kier alpha value is -0.640. The number of hydrogen-bond donors (Lipinski definition) is 1. The molecule has 1 aromatic rings.